The first-order valence-electron chi connectivity index (χ1n) is 10.1. The van der Waals surface area contributed by atoms with E-state index in [4.69, 9.17) is 9.72 Å². The van der Waals surface area contributed by atoms with Crippen molar-refractivity contribution in [3.63, 3.8) is 0 Å². The zero-order valence-corrected chi connectivity index (χ0v) is 17.6. The number of aliphatic hydroxyl groups is 1. The molecule has 1 aliphatic rings. The average Bonchev–Trinajstić information content (AvgIpc) is 3.19. The number of hydrogen-bond acceptors (Lipinski definition) is 6. The first-order valence-corrected chi connectivity index (χ1v) is 10.9. The van der Waals surface area contributed by atoms with E-state index in [0.29, 0.717) is 12.6 Å². The smallest absolute Gasteiger partial charge is 0.186 e. The Morgan fingerprint density at radius 2 is 1.97 bits per heavy atom. The third-order valence-electron chi connectivity index (χ3n) is 5.49. The lowest BCUT2D eigenvalue weighted by molar-refractivity contribution is 0.0593. The third-order valence-corrected chi connectivity index (χ3v) is 6.62. The largest absolute Gasteiger partial charge is 0.491 e. The molecule has 4 rings (SSSR count). The van der Waals surface area contributed by atoms with Gasteiger partial charge in [-0.25, -0.2) is 13.8 Å². The van der Waals surface area contributed by atoms with Gasteiger partial charge in [-0.2, -0.15) is 0 Å². The van der Waals surface area contributed by atoms with Crippen molar-refractivity contribution in [2.75, 3.05) is 38.2 Å². The van der Waals surface area contributed by atoms with Crippen molar-refractivity contribution in [1.82, 2.24) is 9.88 Å². The first-order chi connectivity index (χ1) is 14.5. The molecule has 160 valence electrons. The standard InChI is InChI=1S/C22H25F2N3O2S/c1-26(22-25-20-4-2-3-5-21(20)30-22)15-8-10-27(11-9-15)13-16(28)14-29-17-6-7-18(23)19(24)12-17/h2-7,12,15-16,28H,8-11,13-14H2,1H3/t16-/m0/s1. The molecule has 30 heavy (non-hydrogen) atoms. The Kier molecular flexibility index (Phi) is 6.46. The molecule has 2 heterocycles. The molecule has 1 aliphatic heterocycles. The van der Waals surface area contributed by atoms with Gasteiger partial charge in [-0.1, -0.05) is 23.5 Å². The summed E-state index contributed by atoms with van der Waals surface area (Å²) < 4.78 is 32.8. The van der Waals surface area contributed by atoms with Crippen LogP contribution >= 0.6 is 11.3 Å². The summed E-state index contributed by atoms with van der Waals surface area (Å²) in [6, 6.07) is 11.9. The van der Waals surface area contributed by atoms with E-state index in [1.807, 2.05) is 18.2 Å². The van der Waals surface area contributed by atoms with Crippen molar-refractivity contribution in [2.45, 2.75) is 25.0 Å². The summed E-state index contributed by atoms with van der Waals surface area (Å²) in [6.07, 6.45) is 1.28. The zero-order valence-electron chi connectivity index (χ0n) is 16.8. The summed E-state index contributed by atoms with van der Waals surface area (Å²) in [7, 11) is 2.10. The number of fused-ring (bicyclic) bond motifs is 1. The van der Waals surface area contributed by atoms with E-state index in [-0.39, 0.29) is 12.4 Å². The van der Waals surface area contributed by atoms with Crippen LogP contribution in [0, 0.1) is 11.6 Å². The molecule has 1 atom stereocenters. The van der Waals surface area contributed by atoms with Crippen LogP contribution in [0.2, 0.25) is 0 Å². The monoisotopic (exact) mass is 433 g/mol. The molecule has 3 aromatic rings. The molecule has 1 fully saturated rings. The minimum absolute atomic E-state index is 0.0383. The summed E-state index contributed by atoms with van der Waals surface area (Å²) in [5.74, 6) is -1.66. The van der Waals surface area contributed by atoms with Crippen LogP contribution in [0.5, 0.6) is 5.75 Å². The highest BCUT2D eigenvalue weighted by molar-refractivity contribution is 7.22. The summed E-state index contributed by atoms with van der Waals surface area (Å²) in [5, 5.41) is 11.3. The lowest BCUT2D eigenvalue weighted by atomic mass is 10.0. The topological polar surface area (TPSA) is 48.8 Å². The molecule has 1 saturated heterocycles. The predicted molar refractivity (Wildman–Crippen MR) is 115 cm³/mol. The molecule has 0 radical (unpaired) electrons. The Morgan fingerprint density at radius 1 is 1.20 bits per heavy atom. The Labute approximate surface area is 178 Å². The number of ether oxygens (including phenoxy) is 1. The van der Waals surface area contributed by atoms with Crippen molar-refractivity contribution >= 4 is 26.7 Å². The first kappa shape index (κ1) is 21.0. The Balaban J connectivity index is 1.24. The Hall–Kier alpha value is -2.29. The van der Waals surface area contributed by atoms with Gasteiger partial charge < -0.3 is 19.6 Å². The van der Waals surface area contributed by atoms with Gasteiger partial charge in [0.15, 0.2) is 16.8 Å². The third kappa shape index (κ3) is 4.88. The number of hydrogen-bond donors (Lipinski definition) is 1. The molecule has 0 bridgehead atoms. The fraction of sp³-hybridized carbons (Fsp3) is 0.409. The van der Waals surface area contributed by atoms with Crippen LogP contribution in [0.1, 0.15) is 12.8 Å². The van der Waals surface area contributed by atoms with Crippen molar-refractivity contribution in [2.24, 2.45) is 0 Å². The summed E-state index contributed by atoms with van der Waals surface area (Å²) in [4.78, 5) is 9.22. The number of piperidine rings is 1. The van der Waals surface area contributed by atoms with E-state index in [0.717, 1.165) is 48.7 Å². The minimum atomic E-state index is -0.957. The van der Waals surface area contributed by atoms with Crippen LogP contribution in [0.3, 0.4) is 0 Å². The van der Waals surface area contributed by atoms with Gasteiger partial charge in [-0.05, 0) is 37.1 Å². The minimum Gasteiger partial charge on any atom is -0.491 e. The Bertz CT molecular complexity index is 958. The summed E-state index contributed by atoms with van der Waals surface area (Å²) in [6.45, 7) is 2.28. The number of nitrogens with zero attached hydrogens (tertiary/aromatic N) is 3. The van der Waals surface area contributed by atoms with Crippen LogP contribution in [0.25, 0.3) is 10.2 Å². The molecule has 0 aliphatic carbocycles. The van der Waals surface area contributed by atoms with Gasteiger partial charge in [0.25, 0.3) is 0 Å². The van der Waals surface area contributed by atoms with E-state index < -0.39 is 17.7 Å². The van der Waals surface area contributed by atoms with Gasteiger partial charge in [-0.3, -0.25) is 0 Å². The fourth-order valence-corrected chi connectivity index (χ4v) is 4.76. The van der Waals surface area contributed by atoms with Crippen LogP contribution in [0.15, 0.2) is 42.5 Å². The molecule has 8 heteroatoms. The molecule has 5 nitrogen and oxygen atoms in total. The number of aromatic nitrogens is 1. The van der Waals surface area contributed by atoms with Crippen LogP contribution in [-0.4, -0.2) is 60.4 Å². The van der Waals surface area contributed by atoms with E-state index in [1.165, 1.54) is 10.8 Å². The quantitative estimate of drug-likeness (QED) is 0.612. The highest BCUT2D eigenvalue weighted by Gasteiger charge is 2.25. The highest BCUT2D eigenvalue weighted by atomic mass is 32.1. The molecule has 0 spiro atoms. The molecule has 0 unspecified atom stereocenters. The van der Waals surface area contributed by atoms with Crippen molar-refractivity contribution in [3.8, 4) is 5.75 Å². The van der Waals surface area contributed by atoms with Gasteiger partial charge in [-0.15, -0.1) is 0 Å². The van der Waals surface area contributed by atoms with E-state index in [9.17, 15) is 13.9 Å². The van der Waals surface area contributed by atoms with Crippen molar-refractivity contribution in [1.29, 1.82) is 0 Å². The predicted octanol–water partition coefficient (Wildman–Crippen LogP) is 3.92. The second-order valence-electron chi connectivity index (χ2n) is 7.65. The van der Waals surface area contributed by atoms with Crippen molar-refractivity contribution in [3.05, 3.63) is 54.1 Å². The number of para-hydroxylation sites is 1. The van der Waals surface area contributed by atoms with Crippen LogP contribution in [-0.2, 0) is 0 Å². The number of likely N-dealkylation sites (tertiary alicyclic amines) is 1. The van der Waals surface area contributed by atoms with Crippen LogP contribution in [0.4, 0.5) is 13.9 Å². The van der Waals surface area contributed by atoms with E-state index in [2.05, 4.69) is 22.9 Å². The Morgan fingerprint density at radius 3 is 2.70 bits per heavy atom. The number of aliphatic hydroxyl groups excluding tert-OH is 1. The highest BCUT2D eigenvalue weighted by Crippen LogP contribution is 2.30. The van der Waals surface area contributed by atoms with Gasteiger partial charge >= 0.3 is 0 Å². The molecular weight excluding hydrogens is 408 g/mol. The molecule has 1 aromatic heterocycles. The van der Waals surface area contributed by atoms with E-state index in [1.54, 1.807) is 11.3 Å². The van der Waals surface area contributed by atoms with Crippen LogP contribution < -0.4 is 9.64 Å². The molecule has 1 N–H and O–H groups in total. The number of benzene rings is 2. The van der Waals surface area contributed by atoms with Gasteiger partial charge in [0.2, 0.25) is 0 Å². The fourth-order valence-electron chi connectivity index (χ4n) is 3.77. The van der Waals surface area contributed by atoms with E-state index >= 15 is 0 Å². The number of β-amino-alcohol motifs (C(OH)–C–C–N with tert-alkyl or cyclic N) is 1. The maximum atomic E-state index is 13.2. The summed E-state index contributed by atoms with van der Waals surface area (Å²) >= 11 is 1.71. The van der Waals surface area contributed by atoms with Gasteiger partial charge in [0.1, 0.15) is 18.5 Å². The number of thiazole rings is 1. The molecule has 0 amide bonds. The van der Waals surface area contributed by atoms with Gasteiger partial charge in [0, 0.05) is 38.8 Å². The number of rotatable bonds is 7. The maximum Gasteiger partial charge on any atom is 0.186 e. The number of halogens is 2. The SMILES string of the molecule is CN(c1nc2ccccc2s1)C1CCN(C[C@H](O)COc2ccc(F)c(F)c2)CC1. The summed E-state index contributed by atoms with van der Waals surface area (Å²) in [5.41, 5.74) is 1.03. The molecule has 0 saturated carbocycles. The molecule has 2 aromatic carbocycles. The second kappa shape index (κ2) is 9.24. The average molecular weight is 434 g/mol. The number of anilines is 1. The van der Waals surface area contributed by atoms with Gasteiger partial charge in [0.05, 0.1) is 10.2 Å². The maximum absolute atomic E-state index is 13.2. The molecular formula is C22H25F2N3O2S. The zero-order chi connectivity index (χ0) is 21.1. The lowest BCUT2D eigenvalue weighted by Gasteiger charge is -2.37. The normalized spacial score (nSPS) is 16.7. The second-order valence-corrected chi connectivity index (χ2v) is 8.66. The van der Waals surface area contributed by atoms with Crippen molar-refractivity contribution < 1.29 is 18.6 Å². The lowest BCUT2D eigenvalue weighted by Crippen LogP contribution is -2.46.